The van der Waals surface area contributed by atoms with Crippen molar-refractivity contribution in [3.05, 3.63) is 64.7 Å². The fraction of sp³-hybridized carbons (Fsp3) is 0.481. The number of aryl methyl sites for hydroxylation is 3. The number of carbonyl (C=O) groups excluding carboxylic acids is 2. The number of amides is 2. The summed E-state index contributed by atoms with van der Waals surface area (Å²) in [5, 5.41) is 3.08. The smallest absolute Gasteiger partial charge is 0.244 e. The van der Waals surface area contributed by atoms with Gasteiger partial charge in [-0.1, -0.05) is 54.8 Å². The molecule has 190 valence electrons. The van der Waals surface area contributed by atoms with E-state index in [2.05, 4.69) is 5.32 Å². The molecule has 2 amide bonds. The van der Waals surface area contributed by atoms with Gasteiger partial charge in [0.1, 0.15) is 12.6 Å². The van der Waals surface area contributed by atoms with Gasteiger partial charge in [-0.05, 0) is 63.3 Å². The van der Waals surface area contributed by atoms with E-state index in [1.807, 2.05) is 57.2 Å². The molecule has 1 saturated carbocycles. The number of benzene rings is 2. The predicted molar refractivity (Wildman–Crippen MR) is 140 cm³/mol. The summed E-state index contributed by atoms with van der Waals surface area (Å²) < 4.78 is 26.7. The highest BCUT2D eigenvalue weighted by Crippen LogP contribution is 2.25. The summed E-state index contributed by atoms with van der Waals surface area (Å²) in [5.41, 5.74) is 4.09. The van der Waals surface area contributed by atoms with Gasteiger partial charge in [0.15, 0.2) is 0 Å². The van der Waals surface area contributed by atoms with Crippen LogP contribution in [0.1, 0.15) is 54.9 Å². The SMILES string of the molecule is Cc1ccc(CN(C(=O)CN(c2cc(C)ccc2C)S(C)(=O)=O)[C@H](C)C(=O)NC2CCCC2)cc1. The lowest BCUT2D eigenvalue weighted by Gasteiger charge is -2.32. The first-order valence-corrected chi connectivity index (χ1v) is 14.0. The molecule has 35 heavy (non-hydrogen) atoms. The van der Waals surface area contributed by atoms with Crippen molar-refractivity contribution >= 4 is 27.5 Å². The van der Waals surface area contributed by atoms with Crippen LogP contribution in [0.25, 0.3) is 0 Å². The average molecular weight is 500 g/mol. The van der Waals surface area contributed by atoms with Crippen molar-refractivity contribution in [1.29, 1.82) is 0 Å². The van der Waals surface area contributed by atoms with E-state index in [0.717, 1.165) is 58.5 Å². The van der Waals surface area contributed by atoms with Crippen LogP contribution >= 0.6 is 0 Å². The van der Waals surface area contributed by atoms with Gasteiger partial charge in [0.25, 0.3) is 0 Å². The van der Waals surface area contributed by atoms with Crippen LogP contribution in [-0.4, -0.2) is 50.0 Å². The molecule has 0 aliphatic heterocycles. The third-order valence-corrected chi connectivity index (χ3v) is 7.78. The van der Waals surface area contributed by atoms with E-state index in [1.54, 1.807) is 13.0 Å². The van der Waals surface area contributed by atoms with E-state index in [9.17, 15) is 18.0 Å². The monoisotopic (exact) mass is 499 g/mol. The molecule has 0 spiro atoms. The topological polar surface area (TPSA) is 86.8 Å². The highest BCUT2D eigenvalue weighted by molar-refractivity contribution is 7.92. The maximum Gasteiger partial charge on any atom is 0.244 e. The van der Waals surface area contributed by atoms with Crippen LogP contribution in [0.4, 0.5) is 5.69 Å². The lowest BCUT2D eigenvalue weighted by Crippen LogP contribution is -2.52. The molecule has 1 fully saturated rings. The van der Waals surface area contributed by atoms with Crippen molar-refractivity contribution in [3.63, 3.8) is 0 Å². The van der Waals surface area contributed by atoms with Crippen LogP contribution in [-0.2, 0) is 26.2 Å². The van der Waals surface area contributed by atoms with E-state index in [1.165, 1.54) is 4.90 Å². The summed E-state index contributed by atoms with van der Waals surface area (Å²) in [7, 11) is -3.74. The molecule has 0 unspecified atom stereocenters. The van der Waals surface area contributed by atoms with Crippen molar-refractivity contribution in [3.8, 4) is 0 Å². The minimum absolute atomic E-state index is 0.128. The van der Waals surface area contributed by atoms with Crippen molar-refractivity contribution in [2.45, 2.75) is 72.0 Å². The van der Waals surface area contributed by atoms with E-state index >= 15 is 0 Å². The van der Waals surface area contributed by atoms with Gasteiger partial charge in [-0.2, -0.15) is 0 Å². The first-order valence-electron chi connectivity index (χ1n) is 12.2. The molecule has 3 rings (SSSR count). The number of nitrogens with zero attached hydrogens (tertiary/aromatic N) is 2. The largest absolute Gasteiger partial charge is 0.352 e. The third kappa shape index (κ3) is 7.07. The second kappa shape index (κ2) is 11.2. The molecule has 0 radical (unpaired) electrons. The molecule has 0 aromatic heterocycles. The van der Waals surface area contributed by atoms with E-state index in [-0.39, 0.29) is 25.0 Å². The maximum absolute atomic E-state index is 13.7. The lowest BCUT2D eigenvalue weighted by molar-refractivity contribution is -0.139. The Morgan fingerprint density at radius 1 is 1.00 bits per heavy atom. The minimum Gasteiger partial charge on any atom is -0.352 e. The van der Waals surface area contributed by atoms with Crippen LogP contribution in [0.2, 0.25) is 0 Å². The Labute approximate surface area is 209 Å². The summed E-state index contributed by atoms with van der Waals surface area (Å²) in [6.07, 6.45) is 5.16. The average Bonchev–Trinajstić information content (AvgIpc) is 3.30. The molecule has 7 nitrogen and oxygen atoms in total. The van der Waals surface area contributed by atoms with Crippen molar-refractivity contribution < 1.29 is 18.0 Å². The highest BCUT2D eigenvalue weighted by atomic mass is 32.2. The molecule has 1 N–H and O–H groups in total. The molecule has 0 heterocycles. The van der Waals surface area contributed by atoms with Gasteiger partial charge < -0.3 is 10.2 Å². The number of hydrogen-bond acceptors (Lipinski definition) is 4. The summed E-state index contributed by atoms with van der Waals surface area (Å²) in [6, 6.07) is 12.7. The Balaban J connectivity index is 1.90. The van der Waals surface area contributed by atoms with Crippen LogP contribution in [0.5, 0.6) is 0 Å². The minimum atomic E-state index is -3.74. The quantitative estimate of drug-likeness (QED) is 0.568. The van der Waals surface area contributed by atoms with Crippen molar-refractivity contribution in [2.24, 2.45) is 0 Å². The summed E-state index contributed by atoms with van der Waals surface area (Å²) >= 11 is 0. The standard InChI is InChI=1S/C27H37N3O4S/c1-19-11-14-23(15-12-19)17-29(22(4)27(32)28-24-8-6-7-9-24)26(31)18-30(35(5,33)34)25-16-20(2)10-13-21(25)3/h10-16,22,24H,6-9,17-18H2,1-5H3,(H,28,32)/t22-/m1/s1. The van der Waals surface area contributed by atoms with Crippen LogP contribution < -0.4 is 9.62 Å². The van der Waals surface area contributed by atoms with Crippen molar-refractivity contribution in [2.75, 3.05) is 17.1 Å². The molecular formula is C27H37N3O4S. The van der Waals surface area contributed by atoms with E-state index in [4.69, 9.17) is 0 Å². The fourth-order valence-electron chi connectivity index (χ4n) is 4.45. The highest BCUT2D eigenvalue weighted by Gasteiger charge is 2.31. The molecule has 0 saturated heterocycles. The molecule has 1 atom stereocenters. The van der Waals surface area contributed by atoms with Gasteiger partial charge in [0, 0.05) is 12.6 Å². The molecule has 1 aliphatic carbocycles. The molecule has 8 heteroatoms. The number of hydrogen-bond donors (Lipinski definition) is 1. The van der Waals surface area contributed by atoms with Gasteiger partial charge >= 0.3 is 0 Å². The number of carbonyl (C=O) groups is 2. The number of rotatable bonds is 9. The fourth-order valence-corrected chi connectivity index (χ4v) is 5.35. The Kier molecular flexibility index (Phi) is 8.59. The summed E-state index contributed by atoms with van der Waals surface area (Å²) in [5.74, 6) is -0.638. The Bertz CT molecular complexity index is 1160. The first kappa shape index (κ1) is 26.7. The number of sulfonamides is 1. The molecule has 2 aromatic rings. The Morgan fingerprint density at radius 2 is 1.60 bits per heavy atom. The first-order chi connectivity index (χ1) is 16.5. The van der Waals surface area contributed by atoms with Crippen molar-refractivity contribution in [1.82, 2.24) is 10.2 Å². The maximum atomic E-state index is 13.7. The predicted octanol–water partition coefficient (Wildman–Crippen LogP) is 3.85. The Hall–Kier alpha value is -2.87. The zero-order chi connectivity index (χ0) is 25.8. The second-order valence-corrected chi connectivity index (χ2v) is 11.6. The van der Waals surface area contributed by atoms with Gasteiger partial charge in [-0.25, -0.2) is 8.42 Å². The van der Waals surface area contributed by atoms with Crippen LogP contribution in [0.3, 0.4) is 0 Å². The summed E-state index contributed by atoms with van der Waals surface area (Å²) in [6.45, 7) is 7.22. The normalized spacial score (nSPS) is 15.0. The van der Waals surface area contributed by atoms with Gasteiger partial charge in [-0.15, -0.1) is 0 Å². The third-order valence-electron chi connectivity index (χ3n) is 6.65. The second-order valence-electron chi connectivity index (χ2n) is 9.73. The zero-order valence-electron chi connectivity index (χ0n) is 21.4. The molecule has 1 aliphatic rings. The summed E-state index contributed by atoms with van der Waals surface area (Å²) in [4.78, 5) is 28.3. The van der Waals surface area contributed by atoms with Gasteiger partial charge in [0.05, 0.1) is 11.9 Å². The molecule has 0 bridgehead atoms. The molecular weight excluding hydrogens is 462 g/mol. The van der Waals surface area contributed by atoms with Crippen LogP contribution in [0.15, 0.2) is 42.5 Å². The van der Waals surface area contributed by atoms with E-state index < -0.39 is 22.0 Å². The Morgan fingerprint density at radius 3 is 2.20 bits per heavy atom. The number of anilines is 1. The number of nitrogens with one attached hydrogen (secondary N) is 1. The molecule has 2 aromatic carbocycles. The van der Waals surface area contributed by atoms with E-state index in [0.29, 0.717) is 5.69 Å². The van der Waals surface area contributed by atoms with Gasteiger partial charge in [0.2, 0.25) is 21.8 Å². The zero-order valence-corrected chi connectivity index (χ0v) is 22.2. The lowest BCUT2D eigenvalue weighted by atomic mass is 10.1. The van der Waals surface area contributed by atoms with Gasteiger partial charge in [-0.3, -0.25) is 13.9 Å². The van der Waals surface area contributed by atoms with Crippen LogP contribution in [0, 0.1) is 20.8 Å².